The summed E-state index contributed by atoms with van der Waals surface area (Å²) in [4.78, 5) is 0. The minimum absolute atomic E-state index is 0.652. The summed E-state index contributed by atoms with van der Waals surface area (Å²) >= 11 is 0. The number of nitrogens with zero attached hydrogens (tertiary/aromatic N) is 1. The normalized spacial score (nSPS) is 24.6. The molecule has 0 aromatic heterocycles. The van der Waals surface area contributed by atoms with Crippen LogP contribution in [0.4, 0.5) is 0 Å². The Morgan fingerprint density at radius 1 is 1.62 bits per heavy atom. The topological polar surface area (TPSA) is 20.3 Å². The van der Waals surface area contributed by atoms with Crippen LogP contribution in [0.2, 0.25) is 0 Å². The van der Waals surface area contributed by atoms with Crippen molar-refractivity contribution >= 4 is 11.0 Å². The quantitative estimate of drug-likeness (QED) is 0.533. The molecule has 1 unspecified atom stereocenters. The molecule has 0 amide bonds. The minimum Gasteiger partial charge on any atom is -0.243 e. The monoisotopic (exact) mass is 133 g/mol. The molecule has 0 aromatic rings. The van der Waals surface area contributed by atoms with E-state index in [0.29, 0.717) is 0 Å². The van der Waals surface area contributed by atoms with E-state index >= 15 is 0 Å². The van der Waals surface area contributed by atoms with Crippen molar-refractivity contribution in [1.29, 1.82) is 0 Å². The third kappa shape index (κ3) is 1.09. The lowest BCUT2D eigenvalue weighted by Gasteiger charge is -2.28. The summed E-state index contributed by atoms with van der Waals surface area (Å²) < 4.78 is 12.8. The van der Waals surface area contributed by atoms with Crippen molar-refractivity contribution in [1.82, 2.24) is 4.31 Å². The summed E-state index contributed by atoms with van der Waals surface area (Å²) in [5.74, 6) is 0.778. The summed E-state index contributed by atoms with van der Waals surface area (Å²) in [6.45, 7) is 4.04. The first-order valence-corrected chi connectivity index (χ1v) is 4.25. The van der Waals surface area contributed by atoms with E-state index in [4.69, 9.17) is 0 Å². The van der Waals surface area contributed by atoms with Gasteiger partial charge in [-0.15, -0.1) is 0 Å². The summed E-state index contributed by atoms with van der Waals surface area (Å²) in [5.41, 5.74) is 0. The molecule has 0 saturated carbocycles. The second-order valence-electron chi connectivity index (χ2n) is 1.89. The highest BCUT2D eigenvalue weighted by Gasteiger charge is 2.17. The van der Waals surface area contributed by atoms with Gasteiger partial charge in [0.1, 0.15) is 0 Å². The van der Waals surface area contributed by atoms with Crippen molar-refractivity contribution in [3.8, 4) is 0 Å². The summed E-state index contributed by atoms with van der Waals surface area (Å²) in [6.07, 6.45) is 1.23. The van der Waals surface area contributed by atoms with Crippen LogP contribution in [0.1, 0.15) is 13.3 Å². The van der Waals surface area contributed by atoms with Crippen molar-refractivity contribution in [3.05, 3.63) is 0 Å². The third-order valence-electron chi connectivity index (χ3n) is 1.35. The Balaban J connectivity index is 2.24. The van der Waals surface area contributed by atoms with E-state index in [0.717, 1.165) is 18.8 Å². The molecule has 8 heavy (non-hydrogen) atoms. The smallest absolute Gasteiger partial charge is 0.0939 e. The Labute approximate surface area is 52.5 Å². The van der Waals surface area contributed by atoms with E-state index in [1.807, 2.05) is 11.2 Å². The van der Waals surface area contributed by atoms with Gasteiger partial charge >= 0.3 is 0 Å². The molecule has 1 heterocycles. The Hall–Kier alpha value is 0.110. The molecule has 1 aliphatic rings. The molecule has 0 aliphatic carbocycles. The van der Waals surface area contributed by atoms with E-state index in [1.165, 1.54) is 6.42 Å². The molecule has 0 aromatic carbocycles. The van der Waals surface area contributed by atoms with Crippen molar-refractivity contribution in [2.75, 3.05) is 18.8 Å². The molecule has 0 N–H and O–H groups in total. The van der Waals surface area contributed by atoms with E-state index in [-0.39, 0.29) is 0 Å². The predicted molar refractivity (Wildman–Crippen MR) is 34.9 cm³/mol. The van der Waals surface area contributed by atoms with Crippen LogP contribution in [-0.2, 0) is 11.0 Å². The van der Waals surface area contributed by atoms with Gasteiger partial charge in [-0.3, -0.25) is 0 Å². The first-order valence-electron chi connectivity index (χ1n) is 2.98. The summed E-state index contributed by atoms with van der Waals surface area (Å²) in [6, 6.07) is 0. The van der Waals surface area contributed by atoms with Crippen LogP contribution in [0, 0.1) is 0 Å². The van der Waals surface area contributed by atoms with E-state index in [2.05, 4.69) is 0 Å². The van der Waals surface area contributed by atoms with Gasteiger partial charge in [0, 0.05) is 18.8 Å². The second-order valence-corrected chi connectivity index (χ2v) is 3.63. The molecule has 1 saturated heterocycles. The molecule has 1 fully saturated rings. The molecule has 3 heteroatoms. The van der Waals surface area contributed by atoms with Crippen molar-refractivity contribution in [3.63, 3.8) is 0 Å². The fourth-order valence-corrected chi connectivity index (χ4v) is 1.70. The van der Waals surface area contributed by atoms with Crippen molar-refractivity contribution in [2.24, 2.45) is 0 Å². The second kappa shape index (κ2) is 2.60. The molecule has 1 rings (SSSR count). The van der Waals surface area contributed by atoms with Gasteiger partial charge in [0.25, 0.3) is 0 Å². The maximum Gasteiger partial charge on any atom is 0.0939 e. The highest BCUT2D eigenvalue weighted by Crippen LogP contribution is 2.07. The van der Waals surface area contributed by atoms with Gasteiger partial charge in [-0.1, -0.05) is 6.92 Å². The standard InChI is InChI=1S/C5H11NOS/c1-2-8(7)6-4-3-5-6/h2-5H2,1H3. The highest BCUT2D eigenvalue weighted by atomic mass is 32.2. The fourth-order valence-electron chi connectivity index (χ4n) is 0.673. The lowest BCUT2D eigenvalue weighted by molar-refractivity contribution is 0.328. The maximum atomic E-state index is 10.8. The molecule has 1 atom stereocenters. The Bertz CT molecular complexity index is 101. The SMILES string of the molecule is CCS(=O)N1CCC1. The van der Waals surface area contributed by atoms with Gasteiger partial charge < -0.3 is 0 Å². The first kappa shape index (κ1) is 6.23. The third-order valence-corrected chi connectivity index (χ3v) is 2.78. The van der Waals surface area contributed by atoms with Crippen molar-refractivity contribution < 1.29 is 4.21 Å². The van der Waals surface area contributed by atoms with Gasteiger partial charge in [-0.25, -0.2) is 8.51 Å². The van der Waals surface area contributed by atoms with E-state index < -0.39 is 11.0 Å². The molecule has 0 spiro atoms. The van der Waals surface area contributed by atoms with Gasteiger partial charge in [0.2, 0.25) is 0 Å². The van der Waals surface area contributed by atoms with Crippen LogP contribution >= 0.6 is 0 Å². The first-order chi connectivity index (χ1) is 3.84. The van der Waals surface area contributed by atoms with Gasteiger partial charge in [0.05, 0.1) is 11.0 Å². The lowest BCUT2D eigenvalue weighted by Crippen LogP contribution is -2.39. The predicted octanol–water partition coefficient (Wildman–Crippen LogP) is 0.376. The van der Waals surface area contributed by atoms with Gasteiger partial charge in [0.15, 0.2) is 0 Å². The Morgan fingerprint density at radius 2 is 2.25 bits per heavy atom. The van der Waals surface area contributed by atoms with Crippen LogP contribution in [0.3, 0.4) is 0 Å². The molecule has 48 valence electrons. The molecular formula is C5H11NOS. The van der Waals surface area contributed by atoms with Crippen LogP contribution in [0.15, 0.2) is 0 Å². The molecule has 0 bridgehead atoms. The molecule has 0 radical (unpaired) electrons. The Morgan fingerprint density at radius 3 is 2.38 bits per heavy atom. The average Bonchev–Trinajstić information content (AvgIpc) is 1.62. The number of hydrogen-bond acceptors (Lipinski definition) is 1. The minimum atomic E-state index is -0.652. The Kier molecular flexibility index (Phi) is 2.02. The van der Waals surface area contributed by atoms with E-state index in [1.54, 1.807) is 0 Å². The fraction of sp³-hybridized carbons (Fsp3) is 1.00. The molecule has 1 aliphatic heterocycles. The average molecular weight is 133 g/mol. The van der Waals surface area contributed by atoms with Crippen LogP contribution in [0.25, 0.3) is 0 Å². The zero-order chi connectivity index (χ0) is 5.98. The molecular weight excluding hydrogens is 122 g/mol. The summed E-state index contributed by atoms with van der Waals surface area (Å²) in [7, 11) is -0.652. The van der Waals surface area contributed by atoms with Crippen LogP contribution in [-0.4, -0.2) is 27.4 Å². The maximum absolute atomic E-state index is 10.8. The lowest BCUT2D eigenvalue weighted by atomic mass is 10.3. The number of rotatable bonds is 2. The summed E-state index contributed by atoms with van der Waals surface area (Å²) in [5, 5.41) is 0. The largest absolute Gasteiger partial charge is 0.243 e. The number of hydrogen-bond donors (Lipinski definition) is 0. The zero-order valence-electron chi connectivity index (χ0n) is 5.09. The van der Waals surface area contributed by atoms with Crippen LogP contribution < -0.4 is 0 Å². The highest BCUT2D eigenvalue weighted by molar-refractivity contribution is 7.82. The van der Waals surface area contributed by atoms with Crippen LogP contribution in [0.5, 0.6) is 0 Å². The van der Waals surface area contributed by atoms with Gasteiger partial charge in [-0.2, -0.15) is 0 Å². The molecule has 2 nitrogen and oxygen atoms in total. The van der Waals surface area contributed by atoms with Crippen molar-refractivity contribution in [2.45, 2.75) is 13.3 Å². The van der Waals surface area contributed by atoms with Gasteiger partial charge in [-0.05, 0) is 6.42 Å². The zero-order valence-corrected chi connectivity index (χ0v) is 5.91. The van der Waals surface area contributed by atoms with E-state index in [9.17, 15) is 4.21 Å².